The van der Waals surface area contributed by atoms with Crippen LogP contribution in [0.2, 0.25) is 0 Å². The van der Waals surface area contributed by atoms with Crippen LogP contribution in [0.5, 0.6) is 0 Å². The van der Waals surface area contributed by atoms with E-state index in [1.807, 2.05) is 37.3 Å². The molecule has 5 nitrogen and oxygen atoms in total. The highest BCUT2D eigenvalue weighted by molar-refractivity contribution is 6.06. The molecular weight excluding hydrogens is 316 g/mol. The number of rotatable bonds is 4. The van der Waals surface area contributed by atoms with E-state index in [4.69, 9.17) is 9.15 Å². The lowest BCUT2D eigenvalue weighted by atomic mass is 10.1. The second kappa shape index (κ2) is 6.36. The third-order valence-electron chi connectivity index (χ3n) is 4.04. The zero-order valence-corrected chi connectivity index (χ0v) is 13.7. The van der Waals surface area contributed by atoms with Gasteiger partial charge in [-0.1, -0.05) is 18.2 Å². The second-order valence-corrected chi connectivity index (χ2v) is 5.93. The quantitative estimate of drug-likeness (QED) is 0.525. The molecule has 0 aliphatic carbocycles. The minimum atomic E-state index is -0.376. The zero-order chi connectivity index (χ0) is 17.2. The number of aromatic nitrogens is 2. The Bertz CT molecular complexity index is 1040. The number of hydrogen-bond acceptors (Lipinski definition) is 5. The van der Waals surface area contributed by atoms with E-state index in [1.54, 1.807) is 30.7 Å². The summed E-state index contributed by atoms with van der Waals surface area (Å²) in [5.74, 6) is -0.376. The van der Waals surface area contributed by atoms with E-state index in [1.165, 1.54) is 0 Å². The summed E-state index contributed by atoms with van der Waals surface area (Å²) in [6, 6.07) is 13.2. The monoisotopic (exact) mass is 332 g/mol. The van der Waals surface area contributed by atoms with Crippen molar-refractivity contribution in [3.63, 3.8) is 0 Å². The van der Waals surface area contributed by atoms with Gasteiger partial charge in [0.2, 0.25) is 0 Å². The van der Waals surface area contributed by atoms with E-state index in [2.05, 4.69) is 9.97 Å². The van der Waals surface area contributed by atoms with Crippen LogP contribution < -0.4 is 0 Å². The Labute approximate surface area is 144 Å². The van der Waals surface area contributed by atoms with Crippen molar-refractivity contribution in [3.05, 3.63) is 72.3 Å². The van der Waals surface area contributed by atoms with Gasteiger partial charge < -0.3 is 9.15 Å². The molecule has 124 valence electrons. The molecule has 2 aromatic heterocycles. The molecule has 0 saturated heterocycles. The molecule has 0 aliphatic heterocycles. The first-order valence-corrected chi connectivity index (χ1v) is 8.08. The van der Waals surface area contributed by atoms with Crippen LogP contribution in [0.25, 0.3) is 21.9 Å². The highest BCUT2D eigenvalue weighted by Gasteiger charge is 2.15. The van der Waals surface area contributed by atoms with Crippen molar-refractivity contribution in [2.45, 2.75) is 19.4 Å². The Morgan fingerprint density at radius 3 is 2.80 bits per heavy atom. The predicted molar refractivity (Wildman–Crippen MR) is 94.3 cm³/mol. The Kier molecular flexibility index (Phi) is 3.90. The van der Waals surface area contributed by atoms with Crippen molar-refractivity contribution in [2.24, 2.45) is 0 Å². The first-order chi connectivity index (χ1) is 12.2. The van der Waals surface area contributed by atoms with Crippen LogP contribution in [-0.4, -0.2) is 22.0 Å². The third-order valence-corrected chi connectivity index (χ3v) is 4.04. The molecule has 2 aromatic carbocycles. The Morgan fingerprint density at radius 2 is 1.96 bits per heavy atom. The molecule has 2 heterocycles. The van der Waals surface area contributed by atoms with Gasteiger partial charge in [-0.25, -0.2) is 4.79 Å². The topological polar surface area (TPSA) is 65.2 Å². The maximum atomic E-state index is 12.4. The number of esters is 1. The molecule has 0 bridgehead atoms. The molecule has 0 fully saturated rings. The van der Waals surface area contributed by atoms with Crippen LogP contribution in [0.4, 0.5) is 0 Å². The minimum Gasteiger partial charge on any atom is -0.459 e. The van der Waals surface area contributed by atoms with Crippen molar-refractivity contribution in [3.8, 4) is 0 Å². The summed E-state index contributed by atoms with van der Waals surface area (Å²) in [5.41, 5.74) is 2.74. The van der Waals surface area contributed by atoms with Crippen molar-refractivity contribution >= 4 is 27.9 Å². The lowest BCUT2D eigenvalue weighted by Gasteiger charge is -2.12. The molecule has 0 N–H and O–H groups in total. The molecule has 4 rings (SSSR count). The van der Waals surface area contributed by atoms with Crippen molar-refractivity contribution < 1.29 is 13.9 Å². The second-order valence-electron chi connectivity index (χ2n) is 5.93. The lowest BCUT2D eigenvalue weighted by molar-refractivity contribution is 0.0341. The number of fused-ring (bicyclic) bond motifs is 3. The molecule has 0 spiro atoms. The number of hydrogen-bond donors (Lipinski definition) is 0. The van der Waals surface area contributed by atoms with Gasteiger partial charge in [0.25, 0.3) is 0 Å². The maximum Gasteiger partial charge on any atom is 0.338 e. The van der Waals surface area contributed by atoms with Crippen LogP contribution in [-0.2, 0) is 11.2 Å². The largest absolute Gasteiger partial charge is 0.459 e. The van der Waals surface area contributed by atoms with E-state index in [-0.39, 0.29) is 12.1 Å². The van der Waals surface area contributed by atoms with Crippen LogP contribution in [0.1, 0.15) is 23.0 Å². The predicted octanol–water partition coefficient (Wildman–Crippen LogP) is 4.16. The first kappa shape index (κ1) is 15.3. The van der Waals surface area contributed by atoms with E-state index in [0.717, 1.165) is 22.0 Å². The SMILES string of the molecule is CC(Cc1cnccn1)OC(=O)c1ccc2c(c1)oc1ccccc12. The molecule has 0 amide bonds. The molecule has 0 saturated carbocycles. The van der Waals surface area contributed by atoms with Gasteiger partial charge in [0.1, 0.15) is 17.3 Å². The van der Waals surface area contributed by atoms with Crippen LogP contribution in [0.3, 0.4) is 0 Å². The highest BCUT2D eigenvalue weighted by Crippen LogP contribution is 2.29. The van der Waals surface area contributed by atoms with E-state index in [0.29, 0.717) is 17.6 Å². The normalized spacial score (nSPS) is 12.4. The standard InChI is InChI=1S/C20H16N2O3/c1-13(10-15-12-21-8-9-22-15)24-20(23)14-6-7-17-16-4-2-3-5-18(16)25-19(17)11-14/h2-9,11-13H,10H2,1H3. The number of nitrogens with zero attached hydrogens (tertiary/aromatic N) is 2. The minimum absolute atomic E-state index is 0.296. The third kappa shape index (κ3) is 3.08. The van der Waals surface area contributed by atoms with Gasteiger partial charge in [-0.15, -0.1) is 0 Å². The molecule has 0 radical (unpaired) electrons. The fourth-order valence-electron chi connectivity index (χ4n) is 2.88. The smallest absolute Gasteiger partial charge is 0.338 e. The summed E-state index contributed by atoms with van der Waals surface area (Å²) < 4.78 is 11.3. The van der Waals surface area contributed by atoms with Gasteiger partial charge >= 0.3 is 5.97 Å². The summed E-state index contributed by atoms with van der Waals surface area (Å²) in [6.07, 6.45) is 5.13. The van der Waals surface area contributed by atoms with Gasteiger partial charge in [-0.2, -0.15) is 0 Å². The van der Waals surface area contributed by atoms with Gasteiger partial charge in [0.15, 0.2) is 0 Å². The molecule has 5 heteroatoms. The van der Waals surface area contributed by atoms with E-state index in [9.17, 15) is 4.79 Å². The number of ether oxygens (including phenoxy) is 1. The van der Waals surface area contributed by atoms with Crippen molar-refractivity contribution in [1.82, 2.24) is 9.97 Å². The van der Waals surface area contributed by atoms with Gasteiger partial charge in [0, 0.05) is 35.8 Å². The summed E-state index contributed by atoms with van der Waals surface area (Å²) in [6.45, 7) is 1.84. The van der Waals surface area contributed by atoms with Crippen LogP contribution >= 0.6 is 0 Å². The summed E-state index contributed by atoms with van der Waals surface area (Å²) in [5, 5.41) is 2.02. The molecule has 25 heavy (non-hydrogen) atoms. The van der Waals surface area contributed by atoms with Crippen LogP contribution in [0.15, 0.2) is 65.5 Å². The zero-order valence-electron chi connectivity index (χ0n) is 13.7. The first-order valence-electron chi connectivity index (χ1n) is 8.08. The summed E-state index contributed by atoms with van der Waals surface area (Å²) >= 11 is 0. The average molecular weight is 332 g/mol. The summed E-state index contributed by atoms with van der Waals surface area (Å²) in [4.78, 5) is 20.6. The molecule has 1 unspecified atom stereocenters. The number of carbonyl (C=O) groups excluding carboxylic acids is 1. The number of para-hydroxylation sites is 1. The molecule has 0 aliphatic rings. The number of furan rings is 1. The molecular formula is C20H16N2O3. The fourth-order valence-corrected chi connectivity index (χ4v) is 2.88. The van der Waals surface area contributed by atoms with Crippen LogP contribution in [0, 0.1) is 0 Å². The Balaban J connectivity index is 1.54. The van der Waals surface area contributed by atoms with E-state index >= 15 is 0 Å². The fraction of sp³-hybridized carbons (Fsp3) is 0.150. The number of carbonyl (C=O) groups is 1. The highest BCUT2D eigenvalue weighted by atomic mass is 16.5. The maximum absolute atomic E-state index is 12.4. The van der Waals surface area contributed by atoms with Crippen molar-refractivity contribution in [2.75, 3.05) is 0 Å². The van der Waals surface area contributed by atoms with Gasteiger partial charge in [-0.3, -0.25) is 9.97 Å². The number of benzene rings is 2. The van der Waals surface area contributed by atoms with Gasteiger partial charge in [-0.05, 0) is 31.2 Å². The lowest BCUT2D eigenvalue weighted by Crippen LogP contribution is -2.18. The average Bonchev–Trinajstić information content (AvgIpc) is 3.00. The Hall–Kier alpha value is -3.21. The molecule has 1 atom stereocenters. The van der Waals surface area contributed by atoms with E-state index < -0.39 is 0 Å². The van der Waals surface area contributed by atoms with Crippen molar-refractivity contribution in [1.29, 1.82) is 0 Å². The van der Waals surface area contributed by atoms with Gasteiger partial charge in [0.05, 0.1) is 11.3 Å². The summed E-state index contributed by atoms with van der Waals surface area (Å²) in [7, 11) is 0. The molecule has 4 aromatic rings. The Morgan fingerprint density at radius 1 is 1.12 bits per heavy atom.